The molecule has 0 radical (unpaired) electrons. The molecule has 2 fully saturated rings. The van der Waals surface area contributed by atoms with E-state index in [9.17, 15) is 9.90 Å². The number of amidine groups is 1. The molecule has 2 saturated carbocycles. The lowest BCUT2D eigenvalue weighted by molar-refractivity contribution is 0.197. The zero-order valence-corrected chi connectivity index (χ0v) is 19.7. The molecule has 0 bridgehead atoms. The van der Waals surface area contributed by atoms with Crippen LogP contribution in [0.2, 0.25) is 0 Å². The summed E-state index contributed by atoms with van der Waals surface area (Å²) in [5, 5.41) is 32.9. The Morgan fingerprint density at radius 1 is 1.21 bits per heavy atom. The molecule has 0 aliphatic heterocycles. The number of aliphatic hydroxyl groups excluding tert-OH is 1. The average Bonchev–Trinajstić information content (AvgIpc) is 2.71. The molecular formula is C23H37N7O3. The largest absolute Gasteiger partial charge is 0.465 e. The Kier molecular flexibility index (Phi) is 8.60. The minimum absolute atomic E-state index is 0.0680. The molecule has 3 rings (SSSR count). The van der Waals surface area contributed by atoms with Gasteiger partial charge in [0.05, 0.1) is 6.10 Å². The number of carboxylic acid groups (broad SMARTS) is 1. The van der Waals surface area contributed by atoms with E-state index in [2.05, 4.69) is 38.8 Å². The van der Waals surface area contributed by atoms with Crippen molar-refractivity contribution >= 4 is 36.0 Å². The van der Waals surface area contributed by atoms with Crippen molar-refractivity contribution in [3.05, 3.63) is 5.82 Å². The average molecular weight is 460 g/mol. The molecule has 33 heavy (non-hydrogen) atoms. The highest BCUT2D eigenvalue weighted by Crippen LogP contribution is 2.38. The van der Waals surface area contributed by atoms with Crippen LogP contribution < -0.4 is 15.5 Å². The minimum atomic E-state index is -1.36. The third kappa shape index (κ3) is 6.63. The number of aliphatic imine (C=N–C) groups is 1. The fourth-order valence-corrected chi connectivity index (χ4v) is 4.75. The lowest BCUT2D eigenvalue weighted by atomic mass is 9.80. The fourth-order valence-electron chi connectivity index (χ4n) is 4.75. The van der Waals surface area contributed by atoms with Crippen LogP contribution in [0, 0.1) is 17.2 Å². The molecule has 1 amide bonds. The van der Waals surface area contributed by atoms with Crippen molar-refractivity contribution < 1.29 is 15.0 Å². The van der Waals surface area contributed by atoms with E-state index in [0.29, 0.717) is 29.9 Å². The monoisotopic (exact) mass is 459 g/mol. The Morgan fingerprint density at radius 2 is 1.91 bits per heavy atom. The Hall–Kier alpha value is -2.75. The van der Waals surface area contributed by atoms with Gasteiger partial charge in [0.2, 0.25) is 0 Å². The van der Waals surface area contributed by atoms with Gasteiger partial charge in [-0.25, -0.2) is 19.8 Å². The highest BCUT2D eigenvalue weighted by atomic mass is 16.4. The maximum atomic E-state index is 11.1. The van der Waals surface area contributed by atoms with Gasteiger partial charge in [-0.1, -0.05) is 25.7 Å². The van der Waals surface area contributed by atoms with E-state index in [1.54, 1.807) is 6.92 Å². The molecule has 0 spiro atoms. The summed E-state index contributed by atoms with van der Waals surface area (Å²) in [5.41, 5.74) is 0.648. The van der Waals surface area contributed by atoms with Gasteiger partial charge < -0.3 is 20.4 Å². The summed E-state index contributed by atoms with van der Waals surface area (Å²) in [6, 6.07) is 0.141. The number of carbonyl (C=O) groups is 1. The van der Waals surface area contributed by atoms with E-state index < -0.39 is 18.0 Å². The van der Waals surface area contributed by atoms with Crippen LogP contribution >= 0.6 is 0 Å². The molecule has 2 atom stereocenters. The number of hydrogen-bond donors (Lipinski definition) is 5. The lowest BCUT2D eigenvalue weighted by Crippen LogP contribution is -2.38. The first kappa shape index (κ1) is 24.9. The number of aromatic nitrogens is 2. The number of rotatable bonds is 10. The highest BCUT2D eigenvalue weighted by molar-refractivity contribution is 6.02. The van der Waals surface area contributed by atoms with Gasteiger partial charge in [-0.3, -0.25) is 10.7 Å². The molecule has 10 nitrogen and oxygen atoms in total. The molecule has 10 heteroatoms. The van der Waals surface area contributed by atoms with E-state index in [1.165, 1.54) is 25.7 Å². The number of hydrogen-bond acceptors (Lipinski definition) is 8. The SMILES string of the molecule is C=Nc1nc(C(=N)NC(=O)O)nc(N[C@H](C)C2CCC2)c1N(CC(C)O)CC1CCCCC1. The van der Waals surface area contributed by atoms with Gasteiger partial charge in [0.1, 0.15) is 5.69 Å². The molecule has 0 saturated heterocycles. The van der Waals surface area contributed by atoms with Crippen molar-refractivity contribution in [2.24, 2.45) is 16.8 Å². The van der Waals surface area contributed by atoms with E-state index in [1.807, 2.05) is 5.32 Å². The van der Waals surface area contributed by atoms with Gasteiger partial charge >= 0.3 is 6.09 Å². The van der Waals surface area contributed by atoms with Crippen molar-refractivity contribution in [3.63, 3.8) is 0 Å². The van der Waals surface area contributed by atoms with Crippen LogP contribution in [-0.4, -0.2) is 64.1 Å². The van der Waals surface area contributed by atoms with Crippen molar-refractivity contribution in [1.29, 1.82) is 5.41 Å². The first-order valence-corrected chi connectivity index (χ1v) is 12.0. The maximum Gasteiger partial charge on any atom is 0.410 e. The van der Waals surface area contributed by atoms with Crippen LogP contribution in [0.5, 0.6) is 0 Å². The standard InChI is InChI=1S/C23H37N7O3/c1-14(31)12-30(13-16-8-5-4-6-9-16)18-20(25-3)28-22(19(24)27-23(32)33)29-21(18)26-15(2)17-10-7-11-17/h14-17,31H,3-13H2,1-2H3,(H2,24,27)(H,32,33)(H,26,28,29)/t14?,15-/m1/s1. The van der Waals surface area contributed by atoms with Crippen LogP contribution in [0.4, 0.5) is 22.1 Å². The van der Waals surface area contributed by atoms with Gasteiger partial charge in [-0.15, -0.1) is 0 Å². The van der Waals surface area contributed by atoms with Crippen molar-refractivity contribution in [3.8, 4) is 0 Å². The molecule has 2 aliphatic rings. The van der Waals surface area contributed by atoms with Crippen LogP contribution in [0.25, 0.3) is 0 Å². The summed E-state index contributed by atoms with van der Waals surface area (Å²) < 4.78 is 0. The number of aliphatic hydroxyl groups is 1. The highest BCUT2D eigenvalue weighted by Gasteiger charge is 2.29. The second kappa shape index (κ2) is 11.4. The summed E-state index contributed by atoms with van der Waals surface area (Å²) in [6.07, 6.45) is 7.51. The first-order valence-electron chi connectivity index (χ1n) is 12.0. The molecule has 182 valence electrons. The molecule has 5 N–H and O–H groups in total. The first-order chi connectivity index (χ1) is 15.8. The smallest absolute Gasteiger partial charge is 0.410 e. The second-order valence-corrected chi connectivity index (χ2v) is 9.41. The van der Waals surface area contributed by atoms with Crippen molar-refractivity contribution in [2.75, 3.05) is 23.3 Å². The molecule has 1 unspecified atom stereocenters. The Labute approximate surface area is 195 Å². The zero-order valence-electron chi connectivity index (χ0n) is 19.7. The number of amides is 1. The number of nitrogens with one attached hydrogen (secondary N) is 3. The minimum Gasteiger partial charge on any atom is -0.465 e. The van der Waals surface area contributed by atoms with Gasteiger partial charge in [0, 0.05) is 19.1 Å². The summed E-state index contributed by atoms with van der Waals surface area (Å²) in [5.74, 6) is 1.30. The van der Waals surface area contributed by atoms with E-state index >= 15 is 0 Å². The number of nitrogens with zero attached hydrogens (tertiary/aromatic N) is 4. The lowest BCUT2D eigenvalue weighted by Gasteiger charge is -2.36. The maximum absolute atomic E-state index is 11.1. The van der Waals surface area contributed by atoms with Gasteiger partial charge in [-0.05, 0) is 58.1 Å². The zero-order chi connectivity index (χ0) is 24.0. The Balaban J connectivity index is 2.02. The molecule has 1 aromatic rings. The summed E-state index contributed by atoms with van der Waals surface area (Å²) in [6.45, 7) is 8.67. The normalized spacial score (nSPS) is 18.6. The number of anilines is 2. The van der Waals surface area contributed by atoms with Crippen molar-refractivity contribution in [2.45, 2.75) is 77.4 Å². The Morgan fingerprint density at radius 3 is 2.45 bits per heavy atom. The summed E-state index contributed by atoms with van der Waals surface area (Å²) in [7, 11) is 0. The van der Waals surface area contributed by atoms with E-state index in [4.69, 9.17) is 10.5 Å². The van der Waals surface area contributed by atoms with Crippen molar-refractivity contribution in [1.82, 2.24) is 15.3 Å². The summed E-state index contributed by atoms with van der Waals surface area (Å²) in [4.78, 5) is 26.2. The van der Waals surface area contributed by atoms with Gasteiger partial charge in [-0.2, -0.15) is 0 Å². The molecular weight excluding hydrogens is 422 g/mol. The predicted molar refractivity (Wildman–Crippen MR) is 130 cm³/mol. The topological polar surface area (TPSA) is 147 Å². The van der Waals surface area contributed by atoms with Crippen LogP contribution in [0.15, 0.2) is 4.99 Å². The van der Waals surface area contributed by atoms with E-state index in [-0.39, 0.29) is 17.7 Å². The van der Waals surface area contributed by atoms with Crippen LogP contribution in [-0.2, 0) is 0 Å². The predicted octanol–water partition coefficient (Wildman–Crippen LogP) is 3.77. The second-order valence-electron chi connectivity index (χ2n) is 9.41. The summed E-state index contributed by atoms with van der Waals surface area (Å²) >= 11 is 0. The van der Waals surface area contributed by atoms with Gasteiger partial charge in [0.15, 0.2) is 23.3 Å². The van der Waals surface area contributed by atoms with E-state index in [0.717, 1.165) is 32.2 Å². The third-order valence-corrected chi connectivity index (χ3v) is 6.70. The molecule has 1 heterocycles. The Bertz CT molecular complexity index is 851. The quantitative estimate of drug-likeness (QED) is 0.264. The molecule has 0 aromatic carbocycles. The van der Waals surface area contributed by atoms with Gasteiger partial charge in [0.25, 0.3) is 0 Å². The third-order valence-electron chi connectivity index (χ3n) is 6.70. The fraction of sp³-hybridized carbons (Fsp3) is 0.696. The van der Waals surface area contributed by atoms with Crippen LogP contribution in [0.1, 0.15) is 71.0 Å². The van der Waals surface area contributed by atoms with Crippen LogP contribution in [0.3, 0.4) is 0 Å². The molecule has 2 aliphatic carbocycles. The molecule has 1 aromatic heterocycles.